The lowest BCUT2D eigenvalue weighted by Crippen LogP contribution is -2.59. The SMILES string of the molecule is CC[C@@H](C)[C@H](NC(=O)C1(c2ccccc2)CCN(C(=O)[C@H]2Cc3ccccc3CN2C(=O)OC(C)(C)C)CC1)C(=O)O. The number of carbonyl (C=O) groups excluding carboxylic acids is 3. The highest BCUT2D eigenvalue weighted by molar-refractivity contribution is 5.92. The highest BCUT2D eigenvalue weighted by atomic mass is 16.6. The van der Waals surface area contributed by atoms with Gasteiger partial charge in [-0.05, 0) is 56.2 Å². The second-order valence-corrected chi connectivity index (χ2v) is 12.5. The van der Waals surface area contributed by atoms with Gasteiger partial charge in [0.15, 0.2) is 0 Å². The van der Waals surface area contributed by atoms with Crippen molar-refractivity contribution in [3.05, 3.63) is 71.3 Å². The smallest absolute Gasteiger partial charge is 0.411 e. The first-order valence-corrected chi connectivity index (χ1v) is 14.8. The number of rotatable bonds is 7. The first kappa shape index (κ1) is 31.1. The second-order valence-electron chi connectivity index (χ2n) is 12.5. The van der Waals surface area contributed by atoms with E-state index in [-0.39, 0.29) is 24.3 Å². The van der Waals surface area contributed by atoms with Gasteiger partial charge < -0.3 is 20.1 Å². The number of carbonyl (C=O) groups is 4. The van der Waals surface area contributed by atoms with E-state index in [9.17, 15) is 24.3 Å². The fourth-order valence-electron chi connectivity index (χ4n) is 5.94. The number of hydrogen-bond acceptors (Lipinski definition) is 5. The molecule has 9 heteroatoms. The van der Waals surface area contributed by atoms with Gasteiger partial charge in [-0.1, -0.05) is 74.9 Å². The van der Waals surface area contributed by atoms with Crippen molar-refractivity contribution >= 4 is 23.9 Å². The quantitative estimate of drug-likeness (QED) is 0.500. The minimum absolute atomic E-state index is 0.180. The lowest BCUT2D eigenvalue weighted by atomic mass is 9.71. The minimum atomic E-state index is -1.06. The molecule has 0 radical (unpaired) electrons. The van der Waals surface area contributed by atoms with Crippen molar-refractivity contribution in [2.24, 2.45) is 5.92 Å². The number of hydrogen-bond donors (Lipinski definition) is 2. The molecule has 0 aromatic heterocycles. The van der Waals surface area contributed by atoms with Gasteiger partial charge in [0.1, 0.15) is 17.7 Å². The van der Waals surface area contributed by atoms with Crippen molar-refractivity contribution in [1.82, 2.24) is 15.1 Å². The minimum Gasteiger partial charge on any atom is -0.480 e. The summed E-state index contributed by atoms with van der Waals surface area (Å²) in [4.78, 5) is 56.5. The number of piperidine rings is 1. The molecule has 2 aliphatic heterocycles. The molecule has 9 nitrogen and oxygen atoms in total. The molecule has 0 unspecified atom stereocenters. The monoisotopic (exact) mass is 577 g/mol. The van der Waals surface area contributed by atoms with E-state index in [4.69, 9.17) is 4.74 Å². The Balaban J connectivity index is 1.58. The zero-order valence-corrected chi connectivity index (χ0v) is 25.3. The van der Waals surface area contributed by atoms with Gasteiger partial charge in [0.25, 0.3) is 0 Å². The number of nitrogens with zero attached hydrogens (tertiary/aromatic N) is 2. The molecule has 3 amide bonds. The molecule has 1 fully saturated rings. The van der Waals surface area contributed by atoms with E-state index in [0.717, 1.165) is 16.7 Å². The van der Waals surface area contributed by atoms with Crippen LogP contribution in [0.1, 0.15) is 70.6 Å². The zero-order valence-electron chi connectivity index (χ0n) is 25.3. The Morgan fingerprint density at radius 1 is 1.00 bits per heavy atom. The number of nitrogens with one attached hydrogen (secondary N) is 1. The maximum Gasteiger partial charge on any atom is 0.411 e. The molecule has 2 aromatic rings. The summed E-state index contributed by atoms with van der Waals surface area (Å²) in [5.74, 6) is -1.82. The van der Waals surface area contributed by atoms with Crippen LogP contribution in [0, 0.1) is 5.92 Å². The second kappa shape index (κ2) is 12.5. The maximum absolute atomic E-state index is 14.1. The molecule has 4 rings (SSSR count). The summed E-state index contributed by atoms with van der Waals surface area (Å²) in [5.41, 5.74) is 1.11. The van der Waals surface area contributed by atoms with Crippen molar-refractivity contribution in [2.45, 2.75) is 89.9 Å². The molecule has 2 aliphatic rings. The van der Waals surface area contributed by atoms with E-state index >= 15 is 0 Å². The molecule has 2 N–H and O–H groups in total. The summed E-state index contributed by atoms with van der Waals surface area (Å²) in [6.07, 6.45) is 1.12. The summed E-state index contributed by atoms with van der Waals surface area (Å²) in [5, 5.41) is 12.7. The highest BCUT2D eigenvalue weighted by Crippen LogP contribution is 2.37. The molecule has 0 saturated carbocycles. The lowest BCUT2D eigenvalue weighted by molar-refractivity contribution is -0.145. The molecule has 2 heterocycles. The van der Waals surface area contributed by atoms with Crippen LogP contribution in [0.5, 0.6) is 0 Å². The highest BCUT2D eigenvalue weighted by Gasteiger charge is 2.47. The molecule has 3 atom stereocenters. The number of benzene rings is 2. The lowest BCUT2D eigenvalue weighted by Gasteiger charge is -2.44. The van der Waals surface area contributed by atoms with Crippen molar-refractivity contribution in [2.75, 3.05) is 13.1 Å². The average molecular weight is 578 g/mol. The van der Waals surface area contributed by atoms with Crippen LogP contribution in [0.25, 0.3) is 0 Å². The van der Waals surface area contributed by atoms with Crippen LogP contribution >= 0.6 is 0 Å². The number of ether oxygens (including phenoxy) is 1. The van der Waals surface area contributed by atoms with Crippen molar-refractivity contribution in [1.29, 1.82) is 0 Å². The molecular formula is C33H43N3O6. The third kappa shape index (κ3) is 6.61. The van der Waals surface area contributed by atoms with Crippen LogP contribution < -0.4 is 5.32 Å². The van der Waals surface area contributed by atoms with Gasteiger partial charge >= 0.3 is 12.1 Å². The van der Waals surface area contributed by atoms with Crippen LogP contribution in [-0.2, 0) is 37.5 Å². The normalized spacial score (nSPS) is 19.7. The predicted octanol–water partition coefficient (Wildman–Crippen LogP) is 4.52. The van der Waals surface area contributed by atoms with Gasteiger partial charge in [0.2, 0.25) is 11.8 Å². The van der Waals surface area contributed by atoms with Crippen LogP contribution in [0.3, 0.4) is 0 Å². The van der Waals surface area contributed by atoms with Crippen molar-refractivity contribution in [3.8, 4) is 0 Å². The van der Waals surface area contributed by atoms with E-state index in [1.54, 1.807) is 25.7 Å². The van der Waals surface area contributed by atoms with E-state index in [1.165, 1.54) is 4.90 Å². The molecule has 1 saturated heterocycles. The van der Waals surface area contributed by atoms with E-state index in [0.29, 0.717) is 38.8 Å². The van der Waals surface area contributed by atoms with E-state index in [2.05, 4.69) is 5.32 Å². The number of fused-ring (bicyclic) bond motifs is 1. The first-order chi connectivity index (χ1) is 19.9. The van der Waals surface area contributed by atoms with Gasteiger partial charge in [-0.15, -0.1) is 0 Å². The van der Waals surface area contributed by atoms with Crippen LogP contribution in [0.4, 0.5) is 4.79 Å². The Labute approximate surface area is 248 Å². The van der Waals surface area contributed by atoms with Gasteiger partial charge in [-0.3, -0.25) is 14.5 Å². The standard InChI is InChI=1S/C33H43N3O6/c1-6-22(2)27(29(38)39)34-30(40)33(25-14-8-7-9-15-25)16-18-35(19-17-33)28(37)26-20-23-12-10-11-13-24(23)21-36(26)31(41)42-32(3,4)5/h7-15,22,26-27H,6,16-21H2,1-5H3,(H,34,40)(H,38,39)/t22-,26-,27+/m1/s1. The first-order valence-electron chi connectivity index (χ1n) is 14.8. The number of carboxylic acid groups (broad SMARTS) is 1. The van der Waals surface area contributed by atoms with Crippen LogP contribution in [-0.4, -0.2) is 69.6 Å². The molecule has 0 aliphatic carbocycles. The molecule has 2 aromatic carbocycles. The van der Waals surface area contributed by atoms with Crippen molar-refractivity contribution < 1.29 is 29.0 Å². The molecule has 226 valence electrons. The third-order valence-electron chi connectivity index (χ3n) is 8.62. The Bertz CT molecular complexity index is 1300. The Kier molecular flexibility index (Phi) is 9.28. The third-order valence-corrected chi connectivity index (χ3v) is 8.62. The zero-order chi connectivity index (χ0) is 30.7. The fraction of sp³-hybridized carbons (Fsp3) is 0.515. The maximum atomic E-state index is 14.1. The molecule has 0 spiro atoms. The van der Waals surface area contributed by atoms with Gasteiger partial charge in [-0.25, -0.2) is 9.59 Å². The fourth-order valence-corrected chi connectivity index (χ4v) is 5.94. The van der Waals surface area contributed by atoms with Crippen LogP contribution in [0.2, 0.25) is 0 Å². The number of likely N-dealkylation sites (tertiary alicyclic amines) is 1. The predicted molar refractivity (Wildman–Crippen MR) is 159 cm³/mol. The summed E-state index contributed by atoms with van der Waals surface area (Å²) >= 11 is 0. The average Bonchev–Trinajstić information content (AvgIpc) is 2.97. The van der Waals surface area contributed by atoms with Gasteiger partial charge in [-0.2, -0.15) is 0 Å². The van der Waals surface area contributed by atoms with Gasteiger partial charge in [0.05, 0.1) is 12.0 Å². The molecule has 42 heavy (non-hydrogen) atoms. The number of carboxylic acids is 1. The largest absolute Gasteiger partial charge is 0.480 e. The summed E-state index contributed by atoms with van der Waals surface area (Å²) in [6.45, 7) is 9.98. The topological polar surface area (TPSA) is 116 Å². The Hall–Kier alpha value is -3.88. The summed E-state index contributed by atoms with van der Waals surface area (Å²) in [7, 11) is 0. The van der Waals surface area contributed by atoms with Crippen molar-refractivity contribution in [3.63, 3.8) is 0 Å². The molecule has 0 bridgehead atoms. The Morgan fingerprint density at radius 3 is 2.17 bits per heavy atom. The number of aliphatic carboxylic acids is 1. The van der Waals surface area contributed by atoms with Crippen LogP contribution in [0.15, 0.2) is 54.6 Å². The van der Waals surface area contributed by atoms with Gasteiger partial charge in [0, 0.05) is 19.5 Å². The molecular weight excluding hydrogens is 534 g/mol. The van der Waals surface area contributed by atoms with E-state index < -0.39 is 35.2 Å². The van der Waals surface area contributed by atoms with E-state index in [1.807, 2.05) is 68.4 Å². The summed E-state index contributed by atoms with van der Waals surface area (Å²) < 4.78 is 5.68. The summed E-state index contributed by atoms with van der Waals surface area (Å²) in [6, 6.07) is 15.4. The Morgan fingerprint density at radius 2 is 1.60 bits per heavy atom. The number of amides is 3.